The van der Waals surface area contributed by atoms with Gasteiger partial charge in [-0.05, 0) is 30.2 Å². The molecule has 0 aliphatic rings. The number of nitrogens with two attached hydrogens (primary N) is 1. The lowest BCUT2D eigenvalue weighted by molar-refractivity contribution is 0.141. The molecule has 2 rings (SSSR count). The number of carbonyl (C=O) groups excluding carboxylic acids is 1. The van der Waals surface area contributed by atoms with Crippen LogP contribution in [0.15, 0.2) is 48.5 Å². The van der Waals surface area contributed by atoms with Gasteiger partial charge in [0, 0.05) is 11.3 Å². The molecule has 0 saturated carbocycles. The van der Waals surface area contributed by atoms with E-state index in [1.165, 1.54) is 0 Å². The highest BCUT2D eigenvalue weighted by Gasteiger charge is 2.00. The number of nitrogens with one attached hydrogen (secondary N) is 1. The molecule has 0 heterocycles. The fourth-order valence-electron chi connectivity index (χ4n) is 1.81. The van der Waals surface area contributed by atoms with Crippen molar-refractivity contribution in [1.29, 1.82) is 0 Å². The van der Waals surface area contributed by atoms with E-state index >= 15 is 0 Å². The third-order valence-electron chi connectivity index (χ3n) is 2.97. The highest BCUT2D eigenvalue weighted by molar-refractivity contribution is 5.67. The molecule has 0 unspecified atom stereocenters. The van der Waals surface area contributed by atoms with E-state index in [4.69, 9.17) is 10.5 Å². The number of nitrogen functional groups attached to an aromatic ring is 1. The third kappa shape index (κ3) is 4.88. The molecule has 0 atom stereocenters. The Labute approximate surface area is 130 Å². The van der Waals surface area contributed by atoms with Crippen LogP contribution in [0.3, 0.4) is 0 Å². The van der Waals surface area contributed by atoms with Gasteiger partial charge in [0.2, 0.25) is 0 Å². The SMILES string of the molecule is Cc1ccc(N)c(C#CCNC(=O)OCc2ccccc2)c1. The molecule has 3 N–H and O–H groups in total. The molecular formula is C18H18N2O2. The summed E-state index contributed by atoms with van der Waals surface area (Å²) in [6, 6.07) is 15.2. The fraction of sp³-hybridized carbons (Fsp3) is 0.167. The summed E-state index contributed by atoms with van der Waals surface area (Å²) in [7, 11) is 0. The Morgan fingerprint density at radius 2 is 2.00 bits per heavy atom. The summed E-state index contributed by atoms with van der Waals surface area (Å²) in [6.45, 7) is 2.43. The number of carbonyl (C=O) groups is 1. The zero-order chi connectivity index (χ0) is 15.8. The number of anilines is 1. The molecule has 0 fully saturated rings. The van der Waals surface area contributed by atoms with E-state index in [1.54, 1.807) is 0 Å². The van der Waals surface area contributed by atoms with Gasteiger partial charge in [-0.3, -0.25) is 0 Å². The number of benzene rings is 2. The molecule has 22 heavy (non-hydrogen) atoms. The lowest BCUT2D eigenvalue weighted by atomic mass is 10.1. The van der Waals surface area contributed by atoms with Crippen LogP contribution >= 0.6 is 0 Å². The van der Waals surface area contributed by atoms with Gasteiger partial charge < -0.3 is 15.8 Å². The van der Waals surface area contributed by atoms with E-state index in [9.17, 15) is 4.79 Å². The Hall–Kier alpha value is -2.93. The fourth-order valence-corrected chi connectivity index (χ4v) is 1.81. The van der Waals surface area contributed by atoms with Crippen molar-refractivity contribution in [2.45, 2.75) is 13.5 Å². The van der Waals surface area contributed by atoms with Crippen LogP contribution in [0.25, 0.3) is 0 Å². The average Bonchev–Trinajstić information content (AvgIpc) is 2.53. The number of rotatable bonds is 3. The maximum absolute atomic E-state index is 11.5. The summed E-state index contributed by atoms with van der Waals surface area (Å²) < 4.78 is 5.08. The summed E-state index contributed by atoms with van der Waals surface area (Å²) in [5.41, 5.74) is 9.25. The monoisotopic (exact) mass is 294 g/mol. The van der Waals surface area contributed by atoms with Crippen LogP contribution in [0.5, 0.6) is 0 Å². The van der Waals surface area contributed by atoms with Crippen LogP contribution < -0.4 is 11.1 Å². The number of hydrogen-bond donors (Lipinski definition) is 2. The van der Waals surface area contributed by atoms with Crippen molar-refractivity contribution >= 4 is 11.8 Å². The quantitative estimate of drug-likeness (QED) is 0.676. The van der Waals surface area contributed by atoms with E-state index in [2.05, 4.69) is 17.2 Å². The number of ether oxygens (including phenoxy) is 1. The average molecular weight is 294 g/mol. The highest BCUT2D eigenvalue weighted by atomic mass is 16.5. The van der Waals surface area contributed by atoms with Crippen LogP contribution in [-0.4, -0.2) is 12.6 Å². The van der Waals surface area contributed by atoms with Gasteiger partial charge >= 0.3 is 6.09 Å². The maximum atomic E-state index is 11.5. The normalized spacial score (nSPS) is 9.50. The van der Waals surface area contributed by atoms with E-state index < -0.39 is 6.09 Å². The van der Waals surface area contributed by atoms with Crippen molar-refractivity contribution in [2.75, 3.05) is 12.3 Å². The first-order valence-corrected chi connectivity index (χ1v) is 6.94. The minimum absolute atomic E-state index is 0.209. The van der Waals surface area contributed by atoms with E-state index in [-0.39, 0.29) is 13.2 Å². The molecule has 0 aromatic heterocycles. The second kappa shape index (κ2) is 7.75. The topological polar surface area (TPSA) is 64.3 Å². The van der Waals surface area contributed by atoms with E-state index in [1.807, 2.05) is 55.5 Å². The van der Waals surface area contributed by atoms with Gasteiger partial charge in [-0.2, -0.15) is 0 Å². The van der Waals surface area contributed by atoms with Crippen LogP contribution in [0, 0.1) is 18.8 Å². The van der Waals surface area contributed by atoms with Crippen molar-refractivity contribution in [3.8, 4) is 11.8 Å². The predicted octanol–water partition coefficient (Wildman–Crippen LogP) is 2.86. The van der Waals surface area contributed by atoms with Gasteiger partial charge in [0.25, 0.3) is 0 Å². The first-order chi connectivity index (χ1) is 10.6. The van der Waals surface area contributed by atoms with Crippen molar-refractivity contribution in [3.05, 3.63) is 65.2 Å². The summed E-state index contributed by atoms with van der Waals surface area (Å²) >= 11 is 0. The van der Waals surface area contributed by atoms with Crippen molar-refractivity contribution in [3.63, 3.8) is 0 Å². The lowest BCUT2D eigenvalue weighted by Gasteiger charge is -2.04. The van der Waals surface area contributed by atoms with Crippen molar-refractivity contribution in [2.24, 2.45) is 0 Å². The molecule has 1 amide bonds. The largest absolute Gasteiger partial charge is 0.445 e. The summed E-state index contributed by atoms with van der Waals surface area (Å²) in [4.78, 5) is 11.5. The van der Waals surface area contributed by atoms with Crippen LogP contribution in [-0.2, 0) is 11.3 Å². The molecule has 0 saturated heterocycles. The van der Waals surface area contributed by atoms with Gasteiger partial charge in [-0.25, -0.2) is 4.79 Å². The minimum atomic E-state index is -0.490. The summed E-state index contributed by atoms with van der Waals surface area (Å²) in [5, 5.41) is 2.58. The van der Waals surface area contributed by atoms with Crippen LogP contribution in [0.2, 0.25) is 0 Å². The molecule has 0 radical (unpaired) electrons. The number of amides is 1. The van der Waals surface area contributed by atoms with Gasteiger partial charge in [-0.1, -0.05) is 48.2 Å². The van der Waals surface area contributed by atoms with E-state index in [0.717, 1.165) is 16.7 Å². The van der Waals surface area contributed by atoms with E-state index in [0.29, 0.717) is 5.69 Å². The zero-order valence-corrected chi connectivity index (χ0v) is 12.4. The van der Waals surface area contributed by atoms with Gasteiger partial charge in [0.1, 0.15) is 6.61 Å². The Morgan fingerprint density at radius 1 is 1.23 bits per heavy atom. The lowest BCUT2D eigenvalue weighted by Crippen LogP contribution is -2.24. The molecule has 0 aliphatic heterocycles. The zero-order valence-electron chi connectivity index (χ0n) is 12.4. The Balaban J connectivity index is 1.78. The Kier molecular flexibility index (Phi) is 5.44. The molecule has 0 bridgehead atoms. The summed E-state index contributed by atoms with van der Waals surface area (Å²) in [6.07, 6.45) is -0.490. The van der Waals surface area contributed by atoms with Crippen LogP contribution in [0.1, 0.15) is 16.7 Å². The predicted molar refractivity (Wildman–Crippen MR) is 87.1 cm³/mol. The van der Waals surface area contributed by atoms with Crippen molar-refractivity contribution < 1.29 is 9.53 Å². The second-order valence-corrected chi connectivity index (χ2v) is 4.81. The molecule has 2 aromatic rings. The number of hydrogen-bond acceptors (Lipinski definition) is 3. The maximum Gasteiger partial charge on any atom is 0.408 e. The second-order valence-electron chi connectivity index (χ2n) is 4.81. The molecule has 112 valence electrons. The third-order valence-corrected chi connectivity index (χ3v) is 2.97. The first-order valence-electron chi connectivity index (χ1n) is 6.94. The molecule has 4 nitrogen and oxygen atoms in total. The van der Waals surface area contributed by atoms with Gasteiger partial charge in [0.05, 0.1) is 6.54 Å². The summed E-state index contributed by atoms with van der Waals surface area (Å²) in [5.74, 6) is 5.79. The van der Waals surface area contributed by atoms with Crippen molar-refractivity contribution in [1.82, 2.24) is 5.32 Å². The first kappa shape index (κ1) is 15.5. The molecule has 2 aromatic carbocycles. The molecule has 0 aliphatic carbocycles. The van der Waals surface area contributed by atoms with Gasteiger partial charge in [0.15, 0.2) is 0 Å². The number of alkyl carbamates (subject to hydrolysis) is 1. The highest BCUT2D eigenvalue weighted by Crippen LogP contribution is 2.11. The van der Waals surface area contributed by atoms with Gasteiger partial charge in [-0.15, -0.1) is 0 Å². The molecule has 4 heteroatoms. The smallest absolute Gasteiger partial charge is 0.408 e. The Bertz CT molecular complexity index is 700. The minimum Gasteiger partial charge on any atom is -0.445 e. The van der Waals surface area contributed by atoms with Crippen LogP contribution in [0.4, 0.5) is 10.5 Å². The number of aryl methyl sites for hydroxylation is 1. The standard InChI is InChI=1S/C18H18N2O2/c1-14-9-10-17(19)16(12-14)8-5-11-20-18(21)22-13-15-6-3-2-4-7-15/h2-4,6-7,9-10,12H,11,13,19H2,1H3,(H,20,21). The molecule has 0 spiro atoms. The Morgan fingerprint density at radius 3 is 2.77 bits per heavy atom. The molecular weight excluding hydrogens is 276 g/mol.